The third-order valence-electron chi connectivity index (χ3n) is 8.97. The van der Waals surface area contributed by atoms with Crippen molar-refractivity contribution in [3.8, 4) is 22.3 Å². The van der Waals surface area contributed by atoms with E-state index in [1.54, 1.807) is 5.01 Å². The molecule has 6 aromatic carbocycles. The molecule has 0 bridgehead atoms. The van der Waals surface area contributed by atoms with Gasteiger partial charge in [0.25, 0.3) is 0 Å². The van der Waals surface area contributed by atoms with Crippen LogP contribution in [0.2, 0.25) is 0 Å². The summed E-state index contributed by atoms with van der Waals surface area (Å²) in [5.74, 6) is 6.67. The van der Waals surface area contributed by atoms with E-state index in [9.17, 15) is 0 Å². The van der Waals surface area contributed by atoms with Crippen molar-refractivity contribution in [3.63, 3.8) is 0 Å². The molecule has 1 aliphatic rings. The minimum Gasteiger partial charge on any atom is -0.354 e. The number of benzene rings is 6. The molecule has 4 nitrogen and oxygen atoms in total. The maximum Gasteiger partial charge on any atom is 0.140 e. The van der Waals surface area contributed by atoms with Crippen molar-refractivity contribution < 1.29 is 0 Å². The predicted octanol–water partition coefficient (Wildman–Crippen LogP) is 9.90. The SMILES string of the molecule is CC1(C)c2ccccc2-c2c1ccc(-c1ccccc1)c2Nc1cccc(/C=N/C(c2ccccc2)N(N)Cc2ccccc2)c1. The zero-order valence-corrected chi connectivity index (χ0v) is 26.3. The lowest BCUT2D eigenvalue weighted by Crippen LogP contribution is -2.34. The van der Waals surface area contributed by atoms with Crippen LogP contribution in [0.5, 0.6) is 0 Å². The van der Waals surface area contributed by atoms with Crippen LogP contribution in [0.3, 0.4) is 0 Å². The number of hydrazine groups is 1. The van der Waals surface area contributed by atoms with Gasteiger partial charge in [-0.25, -0.2) is 5.01 Å². The van der Waals surface area contributed by atoms with Gasteiger partial charge in [-0.15, -0.1) is 0 Å². The molecule has 0 saturated carbocycles. The van der Waals surface area contributed by atoms with E-state index >= 15 is 0 Å². The van der Waals surface area contributed by atoms with E-state index < -0.39 is 0 Å². The first kappa shape index (κ1) is 29.4. The van der Waals surface area contributed by atoms with Crippen molar-refractivity contribution in [2.45, 2.75) is 32.0 Å². The summed E-state index contributed by atoms with van der Waals surface area (Å²) >= 11 is 0. The fourth-order valence-electron chi connectivity index (χ4n) is 6.65. The van der Waals surface area contributed by atoms with Crippen LogP contribution in [-0.4, -0.2) is 11.2 Å². The highest BCUT2D eigenvalue weighted by molar-refractivity contribution is 5.99. The van der Waals surface area contributed by atoms with E-state index in [1.807, 2.05) is 42.6 Å². The standard InChI is InChI=1S/C42H38N4/c1-42(2)37-24-13-12-23-36(37)39-38(42)26-25-35(32-18-8-4-9-19-32)40(39)45-34-22-14-17-31(27-34)28-44-41(33-20-10-5-11-21-33)46(43)29-30-15-6-3-7-16-30/h3-28,41,45H,29,43H2,1-2H3/b44-28+. The van der Waals surface area contributed by atoms with Crippen LogP contribution in [0, 0.1) is 0 Å². The number of nitrogens with two attached hydrogens (primary N) is 1. The van der Waals surface area contributed by atoms with Gasteiger partial charge in [0, 0.05) is 35.0 Å². The first-order chi connectivity index (χ1) is 22.5. The Labute approximate surface area is 271 Å². The smallest absolute Gasteiger partial charge is 0.140 e. The summed E-state index contributed by atoms with van der Waals surface area (Å²) in [6.45, 7) is 5.23. The molecule has 0 aliphatic heterocycles. The lowest BCUT2D eigenvalue weighted by atomic mass is 9.82. The van der Waals surface area contributed by atoms with Crippen LogP contribution in [0.1, 0.15) is 47.8 Å². The van der Waals surface area contributed by atoms with Crippen molar-refractivity contribution in [3.05, 3.63) is 179 Å². The lowest BCUT2D eigenvalue weighted by molar-refractivity contribution is 0.199. The Morgan fingerprint density at radius 3 is 2.13 bits per heavy atom. The number of nitrogens with one attached hydrogen (secondary N) is 1. The van der Waals surface area contributed by atoms with Crippen molar-refractivity contribution in [2.75, 3.05) is 5.32 Å². The lowest BCUT2D eigenvalue weighted by Gasteiger charge is -2.25. The molecule has 0 saturated heterocycles. The molecule has 0 spiro atoms. The highest BCUT2D eigenvalue weighted by Gasteiger charge is 2.37. The van der Waals surface area contributed by atoms with Crippen LogP contribution in [0.15, 0.2) is 157 Å². The number of anilines is 2. The maximum atomic E-state index is 6.67. The van der Waals surface area contributed by atoms with Gasteiger partial charge >= 0.3 is 0 Å². The number of hydrogen-bond acceptors (Lipinski definition) is 4. The monoisotopic (exact) mass is 598 g/mol. The zero-order chi connectivity index (χ0) is 31.5. The normalized spacial score (nSPS) is 13.8. The minimum absolute atomic E-state index is 0.0909. The maximum absolute atomic E-state index is 6.67. The second-order valence-electron chi connectivity index (χ2n) is 12.4. The van der Waals surface area contributed by atoms with Crippen molar-refractivity contribution >= 4 is 17.6 Å². The van der Waals surface area contributed by atoms with E-state index in [-0.39, 0.29) is 11.6 Å². The number of rotatable bonds is 9. The summed E-state index contributed by atoms with van der Waals surface area (Å²) in [6, 6.07) is 52.9. The fraction of sp³-hybridized carbons (Fsp3) is 0.119. The molecule has 0 amide bonds. The Morgan fingerprint density at radius 2 is 1.37 bits per heavy atom. The molecule has 4 heteroatoms. The largest absolute Gasteiger partial charge is 0.354 e. The summed E-state index contributed by atoms with van der Waals surface area (Å²) in [7, 11) is 0. The summed E-state index contributed by atoms with van der Waals surface area (Å²) in [5.41, 5.74) is 12.8. The average Bonchev–Trinajstić information content (AvgIpc) is 3.33. The van der Waals surface area contributed by atoms with Gasteiger partial charge in [-0.3, -0.25) is 10.8 Å². The second-order valence-corrected chi connectivity index (χ2v) is 12.4. The summed E-state index contributed by atoms with van der Waals surface area (Å²) in [4.78, 5) is 5.03. The molecular weight excluding hydrogens is 560 g/mol. The Kier molecular flexibility index (Phi) is 8.06. The third-order valence-corrected chi connectivity index (χ3v) is 8.97. The summed E-state index contributed by atoms with van der Waals surface area (Å²) < 4.78 is 0. The number of nitrogens with zero attached hydrogens (tertiary/aromatic N) is 2. The van der Waals surface area contributed by atoms with Crippen LogP contribution < -0.4 is 11.2 Å². The van der Waals surface area contributed by atoms with Crippen LogP contribution in [-0.2, 0) is 12.0 Å². The number of aliphatic imine (C=N–C) groups is 1. The third kappa shape index (κ3) is 5.77. The predicted molar refractivity (Wildman–Crippen MR) is 192 cm³/mol. The average molecular weight is 599 g/mol. The molecule has 1 aliphatic carbocycles. The molecule has 46 heavy (non-hydrogen) atoms. The van der Waals surface area contributed by atoms with Gasteiger partial charge in [0.15, 0.2) is 0 Å². The molecule has 0 heterocycles. The molecule has 0 fully saturated rings. The minimum atomic E-state index is -0.334. The molecule has 3 N–H and O–H groups in total. The zero-order valence-electron chi connectivity index (χ0n) is 26.3. The molecule has 0 aromatic heterocycles. The second kappa shape index (κ2) is 12.6. The molecule has 1 atom stereocenters. The molecule has 7 rings (SSSR count). The van der Waals surface area contributed by atoms with Gasteiger partial charge in [0.1, 0.15) is 6.17 Å². The van der Waals surface area contributed by atoms with Gasteiger partial charge in [0.2, 0.25) is 0 Å². The first-order valence-corrected chi connectivity index (χ1v) is 15.8. The quantitative estimate of drug-likeness (QED) is 0.0989. The number of hydrogen-bond donors (Lipinski definition) is 2. The summed E-state index contributed by atoms with van der Waals surface area (Å²) in [6.07, 6.45) is 1.60. The highest BCUT2D eigenvalue weighted by atomic mass is 15.5. The van der Waals surface area contributed by atoms with Crippen molar-refractivity contribution in [1.29, 1.82) is 0 Å². The van der Waals surface area contributed by atoms with Crippen molar-refractivity contribution in [2.24, 2.45) is 10.8 Å². The van der Waals surface area contributed by atoms with Gasteiger partial charge < -0.3 is 5.32 Å². The first-order valence-electron chi connectivity index (χ1n) is 15.8. The molecule has 6 aromatic rings. The fourth-order valence-corrected chi connectivity index (χ4v) is 6.65. The van der Waals surface area contributed by atoms with Gasteiger partial charge in [-0.05, 0) is 51.1 Å². The molecule has 1 unspecified atom stereocenters. The van der Waals surface area contributed by atoms with E-state index in [2.05, 4.69) is 134 Å². The Bertz CT molecular complexity index is 1980. The Hall–Kier alpha value is -5.29. The number of fused-ring (bicyclic) bond motifs is 3. The molecule has 226 valence electrons. The summed E-state index contributed by atoms with van der Waals surface area (Å²) in [5, 5.41) is 5.66. The van der Waals surface area contributed by atoms with E-state index in [0.29, 0.717) is 6.54 Å². The van der Waals surface area contributed by atoms with E-state index in [4.69, 9.17) is 10.8 Å². The van der Waals surface area contributed by atoms with Gasteiger partial charge in [0.05, 0.1) is 5.69 Å². The van der Waals surface area contributed by atoms with Gasteiger partial charge in [-0.1, -0.05) is 153 Å². The Morgan fingerprint density at radius 1 is 0.696 bits per heavy atom. The van der Waals surface area contributed by atoms with E-state index in [0.717, 1.165) is 28.1 Å². The van der Waals surface area contributed by atoms with Crippen LogP contribution in [0.25, 0.3) is 22.3 Å². The van der Waals surface area contributed by atoms with Crippen molar-refractivity contribution in [1.82, 2.24) is 5.01 Å². The van der Waals surface area contributed by atoms with Gasteiger partial charge in [-0.2, -0.15) is 0 Å². The van der Waals surface area contributed by atoms with Crippen LogP contribution >= 0.6 is 0 Å². The highest BCUT2D eigenvalue weighted by Crippen LogP contribution is 2.54. The topological polar surface area (TPSA) is 53.7 Å². The Balaban J connectivity index is 1.25. The molecular formula is C42H38N4. The molecule has 0 radical (unpaired) electrons. The van der Waals surface area contributed by atoms with Crippen LogP contribution in [0.4, 0.5) is 11.4 Å². The van der Waals surface area contributed by atoms with E-state index in [1.165, 1.54) is 33.4 Å².